The molecule has 0 N–H and O–H groups in total. The molecule has 0 spiro atoms. The Balaban J connectivity index is 1.76. The lowest BCUT2D eigenvalue weighted by Gasteiger charge is -2.28. The Morgan fingerprint density at radius 3 is 2.53 bits per heavy atom. The van der Waals surface area contributed by atoms with Gasteiger partial charge in [-0.15, -0.1) is 0 Å². The summed E-state index contributed by atoms with van der Waals surface area (Å²) in [6.07, 6.45) is -0.826. The maximum absolute atomic E-state index is 13.5. The number of aryl methyl sites for hydroxylation is 2. The molecule has 3 nitrogen and oxygen atoms in total. The monoisotopic (exact) mass is 412 g/mol. The average molecular weight is 412 g/mol. The van der Waals surface area contributed by atoms with Crippen LogP contribution in [0.1, 0.15) is 25.0 Å². The van der Waals surface area contributed by atoms with Crippen LogP contribution in [0.5, 0.6) is 11.5 Å². The zero-order chi connectivity index (χ0) is 21.4. The number of rotatable bonds is 2. The maximum atomic E-state index is 13.5. The Kier molecular flexibility index (Phi) is 3.79. The quantitative estimate of drug-likeness (QED) is 0.305. The lowest BCUT2D eigenvalue weighted by Crippen LogP contribution is -2.34. The Hall–Kier alpha value is -3.02. The molecule has 6 heteroatoms. The molecule has 0 aliphatic carbocycles. The van der Waals surface area contributed by atoms with Gasteiger partial charge in [0.05, 0.1) is 22.6 Å². The van der Waals surface area contributed by atoms with Crippen molar-refractivity contribution in [1.82, 2.24) is 0 Å². The number of hydrogen-bond acceptors (Lipinski definition) is 2. The molecule has 30 heavy (non-hydrogen) atoms. The van der Waals surface area contributed by atoms with Crippen LogP contribution < -0.4 is 9.30 Å². The molecule has 154 valence electrons. The van der Waals surface area contributed by atoms with Crippen LogP contribution in [-0.2, 0) is 13.5 Å². The van der Waals surface area contributed by atoms with Gasteiger partial charge in [-0.05, 0) is 42.0 Å². The third-order valence-electron chi connectivity index (χ3n) is 6.11. The molecule has 0 saturated heterocycles. The predicted octanol–water partition coefficient (Wildman–Crippen LogP) is 6.62. The molecule has 1 aliphatic heterocycles. The minimum atomic E-state index is -4.29. The summed E-state index contributed by atoms with van der Waals surface area (Å²) in [6, 6.07) is 9.29. The van der Waals surface area contributed by atoms with Crippen molar-refractivity contribution in [2.24, 2.45) is 12.5 Å². The topological polar surface area (TPSA) is 26.2 Å². The van der Waals surface area contributed by atoms with Gasteiger partial charge in [-0.1, -0.05) is 19.9 Å². The number of fused-ring (bicyclic) bond motifs is 3. The smallest absolute Gasteiger partial charge is 0.394 e. The van der Waals surface area contributed by atoms with Gasteiger partial charge >= 0.3 is 6.18 Å². The summed E-state index contributed by atoms with van der Waals surface area (Å²) in [5.41, 5.74) is 2.50. The van der Waals surface area contributed by atoms with Crippen LogP contribution in [0.15, 0.2) is 47.2 Å². The highest BCUT2D eigenvalue weighted by atomic mass is 19.4. The lowest BCUT2D eigenvalue weighted by atomic mass is 9.84. The van der Waals surface area contributed by atoms with Crippen molar-refractivity contribution in [3.63, 3.8) is 0 Å². The van der Waals surface area contributed by atoms with Gasteiger partial charge in [-0.2, -0.15) is 13.2 Å². The molecule has 0 amide bonds. The molecule has 0 atom stereocenters. The van der Waals surface area contributed by atoms with E-state index >= 15 is 0 Å². The largest absolute Gasteiger partial charge is 0.464 e. The summed E-state index contributed by atoms with van der Waals surface area (Å²) < 4.78 is 54.2. The van der Waals surface area contributed by atoms with Gasteiger partial charge in [-0.3, -0.25) is 0 Å². The van der Waals surface area contributed by atoms with Crippen LogP contribution in [0, 0.1) is 12.3 Å². The van der Waals surface area contributed by atoms with Gasteiger partial charge in [0.1, 0.15) is 24.1 Å². The number of hydrogen-bond donors (Lipinski definition) is 0. The molecular formula is C24H21F3NO2+. The number of nitrogens with zero attached hydrogens (tertiary/aromatic N) is 1. The van der Waals surface area contributed by atoms with E-state index in [2.05, 4.69) is 0 Å². The Morgan fingerprint density at radius 1 is 1.03 bits per heavy atom. The molecule has 0 radical (unpaired) electrons. The van der Waals surface area contributed by atoms with Gasteiger partial charge in [-0.25, -0.2) is 4.57 Å². The number of alkyl halides is 3. The Morgan fingerprint density at radius 2 is 1.80 bits per heavy atom. The van der Waals surface area contributed by atoms with E-state index in [9.17, 15) is 13.2 Å². The molecule has 2 aromatic heterocycles. The van der Waals surface area contributed by atoms with Gasteiger partial charge in [0.25, 0.3) is 0 Å². The molecule has 5 rings (SSSR count). The second kappa shape index (κ2) is 6.00. The first kappa shape index (κ1) is 19.0. The van der Waals surface area contributed by atoms with Crippen LogP contribution >= 0.6 is 0 Å². The van der Waals surface area contributed by atoms with Crippen molar-refractivity contribution < 1.29 is 26.9 Å². The summed E-state index contributed by atoms with van der Waals surface area (Å²) >= 11 is 0. The molecule has 4 aromatic rings. The van der Waals surface area contributed by atoms with E-state index in [1.807, 2.05) is 49.0 Å². The second-order valence-corrected chi connectivity index (χ2v) is 8.70. The predicted molar refractivity (Wildman–Crippen MR) is 109 cm³/mol. The number of pyridine rings is 1. The lowest BCUT2D eigenvalue weighted by molar-refractivity contribution is -0.659. The van der Waals surface area contributed by atoms with Crippen molar-refractivity contribution in [2.75, 3.05) is 0 Å². The van der Waals surface area contributed by atoms with E-state index in [1.165, 1.54) is 13.8 Å². The molecule has 0 bridgehead atoms. The minimum absolute atomic E-state index is 0.123. The number of furan rings is 1. The molecule has 2 aromatic carbocycles. The van der Waals surface area contributed by atoms with Crippen molar-refractivity contribution in [2.45, 2.75) is 33.4 Å². The fourth-order valence-corrected chi connectivity index (χ4v) is 4.37. The standard InChI is InChI=1S/C24H21F3NO2/c1-13-16-6-8-29-17(16)11-19-20(13)22-21-15(5-7-28(22)4)9-14(10-18(21)30-19)12-23(2,3)24(25,26)27/h5-11H,12H2,1-4H3/q+1. The normalized spacial score (nSPS) is 13.6. The number of aromatic nitrogens is 1. The van der Waals surface area contributed by atoms with Crippen molar-refractivity contribution in [1.29, 1.82) is 0 Å². The zero-order valence-corrected chi connectivity index (χ0v) is 17.1. The van der Waals surface area contributed by atoms with Crippen LogP contribution in [-0.4, -0.2) is 6.18 Å². The summed E-state index contributed by atoms with van der Waals surface area (Å²) in [4.78, 5) is 0. The fraction of sp³-hybridized carbons (Fsp3) is 0.292. The highest BCUT2D eigenvalue weighted by Crippen LogP contribution is 2.49. The van der Waals surface area contributed by atoms with E-state index < -0.39 is 11.6 Å². The minimum Gasteiger partial charge on any atom is -0.464 e. The average Bonchev–Trinajstić information content (AvgIpc) is 3.11. The van der Waals surface area contributed by atoms with E-state index in [0.29, 0.717) is 17.1 Å². The number of halogens is 3. The highest BCUT2D eigenvalue weighted by molar-refractivity contribution is 6.04. The Bertz CT molecular complexity index is 1330. The summed E-state index contributed by atoms with van der Waals surface area (Å²) in [6.45, 7) is 4.49. The van der Waals surface area contributed by atoms with Crippen LogP contribution in [0.4, 0.5) is 13.2 Å². The van der Waals surface area contributed by atoms with E-state index in [1.54, 1.807) is 12.3 Å². The fourth-order valence-electron chi connectivity index (χ4n) is 4.37. The SMILES string of the molecule is Cc1c2c(cc3occc13)Oc1cc(CC(C)(C)C(F)(F)F)cc3cc[n+](C)c-2c13. The Labute approximate surface area is 171 Å². The van der Waals surface area contributed by atoms with Crippen molar-refractivity contribution in [3.05, 3.63) is 53.9 Å². The first-order chi connectivity index (χ1) is 14.1. The first-order valence-corrected chi connectivity index (χ1v) is 9.78. The number of ether oxygens (including phenoxy) is 1. The van der Waals surface area contributed by atoms with Crippen LogP contribution in [0.3, 0.4) is 0 Å². The molecule has 1 aliphatic rings. The van der Waals surface area contributed by atoms with Crippen LogP contribution in [0.2, 0.25) is 0 Å². The summed E-state index contributed by atoms with van der Waals surface area (Å²) in [7, 11) is 1.97. The molecule has 0 fully saturated rings. The third-order valence-corrected chi connectivity index (χ3v) is 6.11. The maximum Gasteiger partial charge on any atom is 0.394 e. The van der Waals surface area contributed by atoms with E-state index in [4.69, 9.17) is 9.15 Å². The number of benzene rings is 2. The molecule has 0 unspecified atom stereocenters. The van der Waals surface area contributed by atoms with Gasteiger partial charge in [0, 0.05) is 17.5 Å². The van der Waals surface area contributed by atoms with E-state index in [0.717, 1.165) is 38.6 Å². The first-order valence-electron chi connectivity index (χ1n) is 9.78. The molecule has 0 saturated carbocycles. The van der Waals surface area contributed by atoms with Gasteiger partial charge in [0.15, 0.2) is 6.20 Å². The second-order valence-electron chi connectivity index (χ2n) is 8.70. The summed E-state index contributed by atoms with van der Waals surface area (Å²) in [5, 5.41) is 2.79. The van der Waals surface area contributed by atoms with Crippen LogP contribution in [0.25, 0.3) is 33.0 Å². The highest BCUT2D eigenvalue weighted by Gasteiger charge is 2.47. The molecular weight excluding hydrogens is 391 g/mol. The van der Waals surface area contributed by atoms with E-state index in [-0.39, 0.29) is 6.42 Å². The molecule has 3 heterocycles. The third kappa shape index (κ3) is 2.62. The van der Waals surface area contributed by atoms with Gasteiger partial charge < -0.3 is 9.15 Å². The zero-order valence-electron chi connectivity index (χ0n) is 17.1. The van der Waals surface area contributed by atoms with Crippen molar-refractivity contribution in [3.8, 4) is 22.8 Å². The summed E-state index contributed by atoms with van der Waals surface area (Å²) in [5.74, 6) is 1.22. The van der Waals surface area contributed by atoms with Crippen molar-refractivity contribution >= 4 is 21.7 Å². The van der Waals surface area contributed by atoms with Gasteiger partial charge in [0.2, 0.25) is 5.69 Å².